The van der Waals surface area contributed by atoms with Gasteiger partial charge in [-0.2, -0.15) is 0 Å². The third-order valence-electron chi connectivity index (χ3n) is 7.05. The molecule has 0 radical (unpaired) electrons. The van der Waals surface area contributed by atoms with Crippen LogP contribution in [-0.2, 0) is 4.74 Å². The average molecular weight is 538 g/mol. The summed E-state index contributed by atoms with van der Waals surface area (Å²) < 4.78 is 17.0. The van der Waals surface area contributed by atoms with E-state index in [1.807, 2.05) is 0 Å². The molecule has 5 aromatic rings. The lowest BCUT2D eigenvalue weighted by atomic mass is 9.78. The summed E-state index contributed by atoms with van der Waals surface area (Å²) in [6, 6.07) is 5.89. The fourth-order valence-electron chi connectivity index (χ4n) is 5.46. The zero-order valence-corrected chi connectivity index (χ0v) is 20.9. The molecule has 0 fully saturated rings. The Hall–Kier alpha value is -4.25. The number of phenols is 3. The average Bonchev–Trinajstić information content (AvgIpc) is 2.86. The number of aromatic hydroxyl groups is 3. The maximum Gasteiger partial charge on any atom is 0.259 e. The third-order valence-corrected chi connectivity index (χ3v) is 7.35. The number of rotatable bonds is 2. The summed E-state index contributed by atoms with van der Waals surface area (Å²) >= 11 is 6.01. The van der Waals surface area contributed by atoms with Crippen LogP contribution in [0.5, 0.6) is 23.0 Å². The molecule has 0 aliphatic heterocycles. The first-order valence-corrected chi connectivity index (χ1v) is 11.8. The lowest BCUT2D eigenvalue weighted by molar-refractivity contribution is -0.0172. The van der Waals surface area contributed by atoms with E-state index in [4.69, 9.17) is 25.5 Å². The highest BCUT2D eigenvalue weighted by Gasteiger charge is 2.41. The van der Waals surface area contributed by atoms with Gasteiger partial charge in [-0.1, -0.05) is 11.6 Å². The van der Waals surface area contributed by atoms with Gasteiger partial charge >= 0.3 is 0 Å². The number of halogens is 1. The Labute approximate surface area is 217 Å². The molecule has 0 spiro atoms. The van der Waals surface area contributed by atoms with Gasteiger partial charge in [0, 0.05) is 29.5 Å². The molecule has 38 heavy (non-hydrogen) atoms. The monoisotopic (exact) mass is 537 g/mol. The van der Waals surface area contributed by atoms with Crippen molar-refractivity contribution in [3.05, 3.63) is 66.7 Å². The number of pyridine rings is 1. The van der Waals surface area contributed by atoms with E-state index in [0.29, 0.717) is 11.1 Å². The predicted molar refractivity (Wildman–Crippen MR) is 140 cm³/mol. The zero-order valence-electron chi connectivity index (χ0n) is 20.2. The van der Waals surface area contributed by atoms with Crippen LogP contribution in [-0.4, -0.2) is 39.6 Å². The lowest BCUT2D eigenvalue weighted by Crippen LogP contribution is -2.22. The number of aryl methyl sites for hydroxylation is 1. The molecule has 0 bridgehead atoms. The summed E-state index contributed by atoms with van der Waals surface area (Å²) in [6.45, 7) is 1.69. The van der Waals surface area contributed by atoms with Crippen molar-refractivity contribution in [1.29, 1.82) is 0 Å². The molecular weight excluding hydrogens is 518 g/mol. The molecule has 2 aromatic heterocycles. The van der Waals surface area contributed by atoms with Crippen molar-refractivity contribution in [3.63, 3.8) is 0 Å². The molecule has 3 aromatic carbocycles. The summed E-state index contributed by atoms with van der Waals surface area (Å²) in [5.74, 6) is -1.71. The summed E-state index contributed by atoms with van der Waals surface area (Å²) in [6.07, 6.45) is -2.52. The maximum atomic E-state index is 13.6. The highest BCUT2D eigenvalue weighted by molar-refractivity contribution is 6.33. The van der Waals surface area contributed by atoms with Crippen molar-refractivity contribution in [1.82, 2.24) is 4.98 Å². The summed E-state index contributed by atoms with van der Waals surface area (Å²) in [5.41, 5.74) is -1.10. The highest BCUT2D eigenvalue weighted by Crippen LogP contribution is 2.58. The number of aromatic amines is 1. The van der Waals surface area contributed by atoms with Crippen LogP contribution in [0.15, 0.2) is 38.3 Å². The van der Waals surface area contributed by atoms with E-state index >= 15 is 0 Å². The van der Waals surface area contributed by atoms with Gasteiger partial charge in [-0.25, -0.2) is 0 Å². The number of nitrogens with one attached hydrogen (secondary N) is 1. The SMILES string of the molecule is COc1c2c(c(O)c3c(=O)c4ccc(Cl)c(O)c4oc13)-c1c(cc3cc(C)[nH]c(=O)c3c1O)C(OC)C2O. The fraction of sp³-hybridized carbons (Fsp3) is 0.185. The number of hydrogen-bond acceptors (Lipinski definition) is 9. The molecule has 2 heterocycles. The van der Waals surface area contributed by atoms with Gasteiger partial charge in [0.2, 0.25) is 5.43 Å². The standard InChI is InChI=1S/C27H20ClNO9/c1-8-6-9-7-11-14(20(32)13(9)27(35)29-8)15-16(22(34)23(11)36-2)25(37-3)26-17(21(15)33)18(30)10-4-5-12(28)19(31)24(10)38-26/h4-7,22-23,31-34H,1-3H3,(H,29,35). The number of aliphatic hydroxyl groups excluding tert-OH is 1. The van der Waals surface area contributed by atoms with E-state index < -0.39 is 40.4 Å². The number of H-pyrrole nitrogens is 1. The summed E-state index contributed by atoms with van der Waals surface area (Å²) in [5, 5.41) is 44.8. The number of aliphatic hydroxyl groups is 1. The van der Waals surface area contributed by atoms with Crippen LogP contribution in [0, 0.1) is 6.92 Å². The Morgan fingerprint density at radius 2 is 1.68 bits per heavy atom. The quantitative estimate of drug-likeness (QED) is 0.207. The normalized spacial score (nSPS) is 16.7. The second kappa shape index (κ2) is 8.12. The van der Waals surface area contributed by atoms with E-state index in [1.54, 1.807) is 19.1 Å². The van der Waals surface area contributed by atoms with Crippen molar-refractivity contribution < 1.29 is 34.3 Å². The Kier molecular flexibility index (Phi) is 5.15. The van der Waals surface area contributed by atoms with Crippen LogP contribution in [0.25, 0.3) is 43.8 Å². The molecule has 0 saturated carbocycles. The van der Waals surface area contributed by atoms with Gasteiger partial charge in [0.1, 0.15) is 29.1 Å². The highest BCUT2D eigenvalue weighted by atomic mass is 35.5. The fourth-order valence-corrected chi connectivity index (χ4v) is 5.61. The first kappa shape index (κ1) is 24.1. The first-order chi connectivity index (χ1) is 18.1. The number of phenolic OH excluding ortho intramolecular Hbond substituents is 3. The van der Waals surface area contributed by atoms with Crippen molar-refractivity contribution >= 4 is 44.3 Å². The number of hydrogen-bond donors (Lipinski definition) is 5. The second-order valence-corrected chi connectivity index (χ2v) is 9.52. The minimum Gasteiger partial charge on any atom is -0.506 e. The van der Waals surface area contributed by atoms with E-state index in [-0.39, 0.29) is 60.4 Å². The second-order valence-electron chi connectivity index (χ2n) is 9.11. The van der Waals surface area contributed by atoms with Gasteiger partial charge < -0.3 is 39.3 Å². The minimum atomic E-state index is -1.46. The molecule has 2 atom stereocenters. The van der Waals surface area contributed by atoms with E-state index in [2.05, 4.69) is 4.98 Å². The molecule has 6 rings (SSSR count). The van der Waals surface area contributed by atoms with E-state index in [1.165, 1.54) is 26.4 Å². The molecule has 5 N–H and O–H groups in total. The topological polar surface area (TPSA) is 162 Å². The number of methoxy groups -OCH3 is 2. The Morgan fingerprint density at radius 1 is 0.974 bits per heavy atom. The van der Waals surface area contributed by atoms with E-state index in [9.17, 15) is 30.0 Å². The molecule has 0 amide bonds. The van der Waals surface area contributed by atoms with Crippen molar-refractivity contribution in [3.8, 4) is 34.1 Å². The third kappa shape index (κ3) is 2.96. The Bertz CT molecular complexity index is 1980. The molecule has 0 saturated heterocycles. The van der Waals surface area contributed by atoms with Crippen LogP contribution in [0.3, 0.4) is 0 Å². The van der Waals surface area contributed by atoms with Gasteiger partial charge in [0.25, 0.3) is 5.56 Å². The molecular formula is C27H20ClNO9. The summed E-state index contributed by atoms with van der Waals surface area (Å²) in [4.78, 5) is 29.1. The molecule has 1 aliphatic rings. The van der Waals surface area contributed by atoms with Crippen molar-refractivity contribution in [2.45, 2.75) is 19.1 Å². The van der Waals surface area contributed by atoms with Gasteiger partial charge in [0.05, 0.1) is 22.9 Å². The van der Waals surface area contributed by atoms with Gasteiger partial charge in [0.15, 0.2) is 22.7 Å². The largest absolute Gasteiger partial charge is 0.506 e. The lowest BCUT2D eigenvalue weighted by Gasteiger charge is -2.34. The smallest absolute Gasteiger partial charge is 0.259 e. The van der Waals surface area contributed by atoms with Crippen LogP contribution in [0.1, 0.15) is 29.0 Å². The molecule has 194 valence electrons. The summed E-state index contributed by atoms with van der Waals surface area (Å²) in [7, 11) is 2.62. The van der Waals surface area contributed by atoms with Crippen molar-refractivity contribution in [2.24, 2.45) is 0 Å². The predicted octanol–water partition coefficient (Wildman–Crippen LogP) is 4.28. The molecule has 11 heteroatoms. The van der Waals surface area contributed by atoms with Crippen LogP contribution in [0.4, 0.5) is 0 Å². The molecule has 2 unspecified atom stereocenters. The van der Waals surface area contributed by atoms with E-state index in [0.717, 1.165) is 0 Å². The Balaban J connectivity index is 1.88. The zero-order chi connectivity index (χ0) is 27.2. The van der Waals surface area contributed by atoms with Crippen LogP contribution >= 0.6 is 11.6 Å². The molecule has 10 nitrogen and oxygen atoms in total. The van der Waals surface area contributed by atoms with Crippen molar-refractivity contribution in [2.75, 3.05) is 14.2 Å². The Morgan fingerprint density at radius 3 is 2.37 bits per heavy atom. The number of benzene rings is 3. The molecule has 1 aliphatic carbocycles. The van der Waals surface area contributed by atoms with Crippen LogP contribution in [0.2, 0.25) is 5.02 Å². The van der Waals surface area contributed by atoms with Crippen LogP contribution < -0.4 is 15.7 Å². The van der Waals surface area contributed by atoms with Gasteiger partial charge in [-0.05, 0) is 42.1 Å². The maximum absolute atomic E-state index is 13.6. The number of ether oxygens (including phenoxy) is 2. The van der Waals surface area contributed by atoms with Gasteiger partial charge in [-0.3, -0.25) is 9.59 Å². The first-order valence-electron chi connectivity index (χ1n) is 11.4. The minimum absolute atomic E-state index is 0.00449. The number of fused-ring (bicyclic) bond motifs is 6. The number of aromatic nitrogens is 1. The van der Waals surface area contributed by atoms with Gasteiger partial charge in [-0.15, -0.1) is 0 Å².